The third kappa shape index (κ3) is 2.25. The number of benzene rings is 1. The zero-order valence-electron chi connectivity index (χ0n) is 8.10. The number of hydrogen-bond donors (Lipinski definition) is 0. The quantitative estimate of drug-likeness (QED) is 0.770. The van der Waals surface area contributed by atoms with Crippen LogP contribution in [0.5, 0.6) is 0 Å². The molecule has 1 aromatic heterocycles. The van der Waals surface area contributed by atoms with Crippen LogP contribution < -0.4 is 0 Å². The van der Waals surface area contributed by atoms with Crippen LogP contribution in [0, 0.1) is 5.82 Å². The monoisotopic (exact) mass is 239 g/mol. The molecule has 0 aliphatic carbocycles. The van der Waals surface area contributed by atoms with Crippen LogP contribution in [0.4, 0.5) is 4.39 Å². The molecule has 0 saturated heterocycles. The van der Waals surface area contributed by atoms with Gasteiger partial charge in [0.1, 0.15) is 25.0 Å². The lowest BCUT2D eigenvalue weighted by atomic mass is 10.1. The Morgan fingerprint density at radius 2 is 2.31 bits per heavy atom. The molecule has 0 aliphatic heterocycles. The average molecular weight is 240 g/mol. The van der Waals surface area contributed by atoms with E-state index in [1.165, 1.54) is 29.5 Å². The Hall–Kier alpha value is -1.75. The van der Waals surface area contributed by atoms with Crippen LogP contribution >= 0.6 is 11.6 Å². The van der Waals surface area contributed by atoms with Crippen molar-refractivity contribution < 1.29 is 9.18 Å². The van der Waals surface area contributed by atoms with Gasteiger partial charge in [-0.2, -0.15) is 5.10 Å². The molecule has 0 saturated carbocycles. The van der Waals surface area contributed by atoms with E-state index < -0.39 is 5.82 Å². The van der Waals surface area contributed by atoms with Crippen LogP contribution in [0.2, 0.25) is 5.02 Å². The number of rotatable bonds is 3. The van der Waals surface area contributed by atoms with Crippen molar-refractivity contribution in [2.75, 3.05) is 0 Å². The van der Waals surface area contributed by atoms with E-state index in [1.54, 1.807) is 0 Å². The molecule has 16 heavy (non-hydrogen) atoms. The lowest BCUT2D eigenvalue weighted by Gasteiger charge is -2.03. The van der Waals surface area contributed by atoms with Crippen molar-refractivity contribution in [1.82, 2.24) is 14.8 Å². The number of nitrogens with zero attached hydrogens (tertiary/aromatic N) is 3. The number of hydrogen-bond acceptors (Lipinski definition) is 3. The Balaban J connectivity index is 2.21. The maximum atomic E-state index is 12.8. The average Bonchev–Trinajstić information content (AvgIpc) is 2.70. The molecule has 0 spiro atoms. The van der Waals surface area contributed by atoms with Crippen LogP contribution in [-0.2, 0) is 6.54 Å². The summed E-state index contributed by atoms with van der Waals surface area (Å²) in [4.78, 5) is 15.5. The Kier molecular flexibility index (Phi) is 2.96. The highest BCUT2D eigenvalue weighted by atomic mass is 35.5. The summed E-state index contributed by atoms with van der Waals surface area (Å²) in [5.41, 5.74) is 0.276. The summed E-state index contributed by atoms with van der Waals surface area (Å²) in [5, 5.41) is 3.90. The van der Waals surface area contributed by atoms with Crippen LogP contribution in [-0.4, -0.2) is 20.5 Å². The van der Waals surface area contributed by atoms with Crippen LogP contribution in [0.3, 0.4) is 0 Å². The predicted octanol–water partition coefficient (Wildman–Crippen LogP) is 1.95. The first-order valence-electron chi connectivity index (χ1n) is 4.47. The summed E-state index contributed by atoms with van der Waals surface area (Å²) >= 11 is 5.76. The van der Waals surface area contributed by atoms with E-state index in [1.807, 2.05) is 0 Å². The lowest BCUT2D eigenvalue weighted by molar-refractivity contribution is 0.0967. The molecule has 0 aliphatic rings. The zero-order chi connectivity index (χ0) is 11.5. The van der Waals surface area contributed by atoms with E-state index in [-0.39, 0.29) is 22.9 Å². The molecule has 0 fully saturated rings. The number of carbonyl (C=O) groups is 1. The Labute approximate surface area is 95.7 Å². The van der Waals surface area contributed by atoms with Gasteiger partial charge >= 0.3 is 0 Å². The predicted molar refractivity (Wildman–Crippen MR) is 55.8 cm³/mol. The first-order chi connectivity index (χ1) is 7.66. The summed E-state index contributed by atoms with van der Waals surface area (Å²) in [5.74, 6) is -0.710. The summed E-state index contributed by atoms with van der Waals surface area (Å²) in [6, 6.07) is 3.66. The summed E-state index contributed by atoms with van der Waals surface area (Å²) in [6.07, 6.45) is 2.76. The van der Waals surface area contributed by atoms with Crippen molar-refractivity contribution in [3.05, 3.63) is 47.3 Å². The highest BCUT2D eigenvalue weighted by Crippen LogP contribution is 2.18. The van der Waals surface area contributed by atoms with E-state index in [4.69, 9.17) is 11.6 Å². The Morgan fingerprint density at radius 1 is 1.50 bits per heavy atom. The number of ketones is 1. The van der Waals surface area contributed by atoms with Crippen molar-refractivity contribution in [2.45, 2.75) is 6.54 Å². The van der Waals surface area contributed by atoms with Gasteiger partial charge < -0.3 is 0 Å². The fraction of sp³-hybridized carbons (Fsp3) is 0.100. The van der Waals surface area contributed by atoms with Gasteiger partial charge in [0.15, 0.2) is 5.78 Å². The van der Waals surface area contributed by atoms with Gasteiger partial charge in [-0.05, 0) is 18.2 Å². The van der Waals surface area contributed by atoms with Crippen LogP contribution in [0.25, 0.3) is 0 Å². The second-order valence-electron chi connectivity index (χ2n) is 3.14. The first kappa shape index (κ1) is 10.8. The van der Waals surface area contributed by atoms with Crippen LogP contribution in [0.1, 0.15) is 10.4 Å². The van der Waals surface area contributed by atoms with Crippen LogP contribution in [0.15, 0.2) is 30.9 Å². The van der Waals surface area contributed by atoms with Crippen molar-refractivity contribution >= 4 is 17.4 Å². The van der Waals surface area contributed by atoms with E-state index in [2.05, 4.69) is 10.1 Å². The van der Waals surface area contributed by atoms with Gasteiger partial charge in [-0.15, -0.1) is 0 Å². The molecule has 0 radical (unpaired) electrons. The summed E-state index contributed by atoms with van der Waals surface area (Å²) in [6.45, 7) is 0.0331. The van der Waals surface area contributed by atoms with E-state index in [0.29, 0.717) is 0 Å². The molecule has 0 bridgehead atoms. The molecule has 0 unspecified atom stereocenters. The molecule has 2 rings (SSSR count). The standard InChI is InChI=1S/C10H7ClFN3O/c11-9-3-7(12)1-2-8(9)10(16)4-15-6-13-5-14-15/h1-3,5-6H,4H2. The largest absolute Gasteiger partial charge is 0.292 e. The first-order valence-corrected chi connectivity index (χ1v) is 4.85. The van der Waals surface area contributed by atoms with Gasteiger partial charge in [-0.25, -0.2) is 14.1 Å². The molecular formula is C10H7ClFN3O. The molecule has 0 N–H and O–H groups in total. The molecule has 0 atom stereocenters. The van der Waals surface area contributed by atoms with Gasteiger partial charge in [0.25, 0.3) is 0 Å². The smallest absolute Gasteiger partial charge is 0.185 e. The third-order valence-electron chi connectivity index (χ3n) is 2.00. The maximum Gasteiger partial charge on any atom is 0.185 e. The molecule has 0 amide bonds. The highest BCUT2D eigenvalue weighted by molar-refractivity contribution is 6.33. The molecule has 6 heteroatoms. The highest BCUT2D eigenvalue weighted by Gasteiger charge is 2.11. The minimum Gasteiger partial charge on any atom is -0.292 e. The van der Waals surface area contributed by atoms with E-state index in [0.717, 1.165) is 6.07 Å². The zero-order valence-corrected chi connectivity index (χ0v) is 8.86. The molecule has 82 valence electrons. The van der Waals surface area contributed by atoms with Crippen molar-refractivity contribution in [3.63, 3.8) is 0 Å². The minimum absolute atomic E-state index is 0.0331. The molecule has 1 aromatic carbocycles. The molecule has 2 aromatic rings. The number of Topliss-reactive ketones (excluding diaryl/α,β-unsaturated/α-hetero) is 1. The van der Waals surface area contributed by atoms with Gasteiger partial charge in [0.05, 0.1) is 5.02 Å². The van der Waals surface area contributed by atoms with E-state index in [9.17, 15) is 9.18 Å². The number of carbonyl (C=O) groups excluding carboxylic acids is 1. The lowest BCUT2D eigenvalue weighted by Crippen LogP contribution is -2.11. The second-order valence-corrected chi connectivity index (χ2v) is 3.55. The number of halogens is 2. The minimum atomic E-state index is -0.470. The van der Waals surface area contributed by atoms with Gasteiger partial charge in [0, 0.05) is 5.56 Å². The fourth-order valence-corrected chi connectivity index (χ4v) is 1.53. The molecule has 1 heterocycles. The molecule has 4 nitrogen and oxygen atoms in total. The van der Waals surface area contributed by atoms with Crippen molar-refractivity contribution in [1.29, 1.82) is 0 Å². The van der Waals surface area contributed by atoms with Gasteiger partial charge in [0.2, 0.25) is 0 Å². The Bertz CT molecular complexity index is 513. The number of aromatic nitrogens is 3. The van der Waals surface area contributed by atoms with Gasteiger partial charge in [-0.1, -0.05) is 11.6 Å². The SMILES string of the molecule is O=C(Cn1cncn1)c1ccc(F)cc1Cl. The summed E-state index contributed by atoms with van der Waals surface area (Å²) in [7, 11) is 0. The van der Waals surface area contributed by atoms with Gasteiger partial charge in [-0.3, -0.25) is 4.79 Å². The van der Waals surface area contributed by atoms with E-state index >= 15 is 0 Å². The topological polar surface area (TPSA) is 47.8 Å². The van der Waals surface area contributed by atoms with Crippen molar-refractivity contribution in [3.8, 4) is 0 Å². The maximum absolute atomic E-state index is 12.8. The molecular weight excluding hydrogens is 233 g/mol. The normalized spacial score (nSPS) is 10.4. The third-order valence-corrected chi connectivity index (χ3v) is 2.32. The summed E-state index contributed by atoms with van der Waals surface area (Å²) < 4.78 is 14.1. The van der Waals surface area contributed by atoms with Crippen molar-refractivity contribution in [2.24, 2.45) is 0 Å². The fourth-order valence-electron chi connectivity index (χ4n) is 1.26. The second kappa shape index (κ2) is 4.40. The Morgan fingerprint density at radius 3 is 2.94 bits per heavy atom.